The first kappa shape index (κ1) is 24.9. The summed E-state index contributed by atoms with van der Waals surface area (Å²) in [6, 6.07) is 14.2. The number of fused-ring (bicyclic) bond motifs is 1. The van der Waals surface area contributed by atoms with Gasteiger partial charge in [-0.25, -0.2) is 18.1 Å². The average Bonchev–Trinajstić information content (AvgIpc) is 3.57. The highest BCUT2D eigenvalue weighted by atomic mass is 32.2. The first-order valence-corrected chi connectivity index (χ1v) is 14.6. The van der Waals surface area contributed by atoms with Gasteiger partial charge >= 0.3 is 0 Å². The lowest BCUT2D eigenvalue weighted by Gasteiger charge is -2.32. The number of anilines is 1. The van der Waals surface area contributed by atoms with Gasteiger partial charge in [-0.3, -0.25) is 9.59 Å². The fraction of sp³-hybridized carbons (Fsp3) is 0.280. The summed E-state index contributed by atoms with van der Waals surface area (Å²) in [4.78, 5) is 33.4. The summed E-state index contributed by atoms with van der Waals surface area (Å²) >= 11 is 1.57. The number of hydrogen-bond acceptors (Lipinski definition) is 8. The Hall–Kier alpha value is -3.77. The van der Waals surface area contributed by atoms with Crippen LogP contribution in [0.4, 0.5) is 5.82 Å². The number of hydrogen-bond donors (Lipinski definition) is 2. The van der Waals surface area contributed by atoms with Crippen LogP contribution in [0.5, 0.6) is 0 Å². The van der Waals surface area contributed by atoms with Crippen molar-refractivity contribution in [3.8, 4) is 0 Å². The summed E-state index contributed by atoms with van der Waals surface area (Å²) in [6.45, 7) is 1.67. The number of piperidine rings is 1. The second kappa shape index (κ2) is 10.3. The summed E-state index contributed by atoms with van der Waals surface area (Å²) in [5.74, 6) is -0.209. The zero-order valence-electron chi connectivity index (χ0n) is 20.1. The normalized spacial score (nSPS) is 14.6. The highest BCUT2D eigenvalue weighted by Gasteiger charge is 2.28. The van der Waals surface area contributed by atoms with Crippen LogP contribution in [0.1, 0.15) is 49.9 Å². The Bertz CT molecular complexity index is 1530. The molecule has 3 aromatic heterocycles. The highest BCUT2D eigenvalue weighted by Crippen LogP contribution is 2.30. The summed E-state index contributed by atoms with van der Waals surface area (Å²) in [5.41, 5.74) is 1.76. The largest absolute Gasteiger partial charge is 0.364 e. The maximum Gasteiger partial charge on any atom is 0.270 e. The Balaban J connectivity index is 1.44. The molecule has 0 atom stereocenters. The van der Waals surface area contributed by atoms with Crippen molar-refractivity contribution in [3.63, 3.8) is 0 Å². The molecule has 0 saturated carbocycles. The molecular weight excluding hydrogens is 512 g/mol. The molecule has 0 aliphatic carbocycles. The monoisotopic (exact) mass is 538 g/mol. The molecule has 192 valence electrons. The molecule has 1 aliphatic rings. The summed E-state index contributed by atoms with van der Waals surface area (Å²) in [7, 11) is -3.77. The van der Waals surface area contributed by atoms with Crippen LogP contribution >= 0.6 is 11.3 Å². The molecule has 0 radical (unpaired) electrons. The minimum absolute atomic E-state index is 0.00715. The lowest BCUT2D eigenvalue weighted by Crippen LogP contribution is -2.38. The predicted octanol–water partition coefficient (Wildman–Crippen LogP) is 3.11. The van der Waals surface area contributed by atoms with Gasteiger partial charge < -0.3 is 10.2 Å². The van der Waals surface area contributed by atoms with Gasteiger partial charge in [0.1, 0.15) is 16.9 Å². The van der Waals surface area contributed by atoms with E-state index in [9.17, 15) is 18.0 Å². The molecular formula is C25H26N6O4S2. The first-order valence-electron chi connectivity index (χ1n) is 11.8. The van der Waals surface area contributed by atoms with E-state index >= 15 is 0 Å². The van der Waals surface area contributed by atoms with Gasteiger partial charge in [0.2, 0.25) is 10.0 Å². The molecule has 1 aromatic carbocycles. The van der Waals surface area contributed by atoms with Crippen LogP contribution in [-0.4, -0.2) is 59.1 Å². The van der Waals surface area contributed by atoms with Crippen LogP contribution in [0.15, 0.2) is 60.2 Å². The topological polar surface area (TPSA) is 126 Å². The predicted molar refractivity (Wildman–Crippen MR) is 141 cm³/mol. The van der Waals surface area contributed by atoms with Crippen molar-refractivity contribution < 1.29 is 18.0 Å². The van der Waals surface area contributed by atoms with E-state index < -0.39 is 15.9 Å². The average molecular weight is 539 g/mol. The van der Waals surface area contributed by atoms with Gasteiger partial charge in [-0.05, 0) is 35.8 Å². The number of rotatable bonds is 7. The standard InChI is InChI=1S/C25H26N6O4S2/c1-37(34,35)29-24(32)20-16-28-31-22(20)27-15-21(23(31)26-14-19-8-5-13-36-19)25(33)30-11-9-18(10-12-30)17-6-3-2-4-7-17/h2-8,13,15-16,18,26H,9-12,14H2,1H3,(H,29,32). The van der Waals surface area contributed by atoms with Gasteiger partial charge in [0.15, 0.2) is 5.65 Å². The smallest absolute Gasteiger partial charge is 0.270 e. The van der Waals surface area contributed by atoms with Crippen LogP contribution < -0.4 is 10.0 Å². The van der Waals surface area contributed by atoms with Crippen molar-refractivity contribution in [1.82, 2.24) is 24.2 Å². The van der Waals surface area contributed by atoms with Crippen LogP contribution in [-0.2, 0) is 16.6 Å². The molecule has 5 rings (SSSR count). The van der Waals surface area contributed by atoms with E-state index in [-0.39, 0.29) is 17.1 Å². The summed E-state index contributed by atoms with van der Waals surface area (Å²) in [5, 5.41) is 9.53. The van der Waals surface area contributed by atoms with E-state index in [1.807, 2.05) is 45.3 Å². The van der Waals surface area contributed by atoms with Crippen LogP contribution in [0.25, 0.3) is 5.65 Å². The molecule has 1 aliphatic heterocycles. The third kappa shape index (κ3) is 5.49. The molecule has 12 heteroatoms. The Labute approximate surface area is 218 Å². The SMILES string of the molecule is CS(=O)(=O)NC(=O)c1cnn2c(NCc3cccs3)c(C(=O)N3CCC(c4ccccc4)CC3)cnc12. The molecule has 2 amide bonds. The van der Waals surface area contributed by atoms with Crippen LogP contribution in [0.3, 0.4) is 0 Å². The number of thiophene rings is 1. The van der Waals surface area contributed by atoms with E-state index in [1.165, 1.54) is 22.5 Å². The van der Waals surface area contributed by atoms with E-state index in [2.05, 4.69) is 27.5 Å². The van der Waals surface area contributed by atoms with E-state index in [1.54, 1.807) is 11.3 Å². The van der Waals surface area contributed by atoms with Gasteiger partial charge in [-0.1, -0.05) is 36.4 Å². The maximum atomic E-state index is 13.6. The van der Waals surface area contributed by atoms with Gasteiger partial charge in [0.25, 0.3) is 11.8 Å². The van der Waals surface area contributed by atoms with E-state index in [4.69, 9.17) is 0 Å². The quantitative estimate of drug-likeness (QED) is 0.370. The molecule has 1 fully saturated rings. The molecule has 1 saturated heterocycles. The fourth-order valence-electron chi connectivity index (χ4n) is 4.54. The van der Waals surface area contributed by atoms with Crippen molar-refractivity contribution in [1.29, 1.82) is 0 Å². The minimum Gasteiger partial charge on any atom is -0.364 e. The zero-order valence-corrected chi connectivity index (χ0v) is 21.8. The maximum absolute atomic E-state index is 13.6. The van der Waals surface area contributed by atoms with Crippen molar-refractivity contribution >= 4 is 44.6 Å². The number of benzene rings is 1. The van der Waals surface area contributed by atoms with Crippen LogP contribution in [0, 0.1) is 0 Å². The fourth-order valence-corrected chi connectivity index (χ4v) is 5.63. The number of likely N-dealkylation sites (tertiary alicyclic amines) is 1. The van der Waals surface area contributed by atoms with Crippen molar-refractivity contribution in [2.24, 2.45) is 0 Å². The molecule has 4 aromatic rings. The number of carbonyl (C=O) groups excluding carboxylic acids is 2. The molecule has 0 unspecified atom stereocenters. The number of nitrogens with zero attached hydrogens (tertiary/aromatic N) is 4. The van der Waals surface area contributed by atoms with Crippen molar-refractivity contribution in [2.75, 3.05) is 24.7 Å². The molecule has 4 heterocycles. The summed E-state index contributed by atoms with van der Waals surface area (Å²) in [6.07, 6.45) is 5.30. The molecule has 2 N–H and O–H groups in total. The Morgan fingerprint density at radius 2 is 1.81 bits per heavy atom. The van der Waals surface area contributed by atoms with E-state index in [0.717, 1.165) is 24.0 Å². The third-order valence-corrected chi connectivity index (χ3v) is 7.78. The van der Waals surface area contributed by atoms with Crippen molar-refractivity contribution in [3.05, 3.63) is 81.8 Å². The van der Waals surface area contributed by atoms with Crippen LogP contribution in [0.2, 0.25) is 0 Å². The number of sulfonamides is 1. The molecule has 10 nitrogen and oxygen atoms in total. The van der Waals surface area contributed by atoms with Gasteiger partial charge in [0.05, 0.1) is 19.0 Å². The third-order valence-electron chi connectivity index (χ3n) is 6.34. The van der Waals surface area contributed by atoms with E-state index in [0.29, 0.717) is 36.9 Å². The number of amides is 2. The Morgan fingerprint density at radius 1 is 1.05 bits per heavy atom. The second-order valence-corrected chi connectivity index (χ2v) is 11.7. The Morgan fingerprint density at radius 3 is 2.49 bits per heavy atom. The summed E-state index contributed by atoms with van der Waals surface area (Å²) < 4.78 is 26.5. The number of aromatic nitrogens is 3. The zero-order chi connectivity index (χ0) is 26.0. The Kier molecular flexibility index (Phi) is 6.94. The van der Waals surface area contributed by atoms with Gasteiger partial charge in [0, 0.05) is 24.2 Å². The molecule has 37 heavy (non-hydrogen) atoms. The van der Waals surface area contributed by atoms with Gasteiger partial charge in [-0.15, -0.1) is 11.3 Å². The number of carbonyl (C=O) groups is 2. The van der Waals surface area contributed by atoms with Gasteiger partial charge in [-0.2, -0.15) is 9.61 Å². The second-order valence-electron chi connectivity index (χ2n) is 8.93. The highest BCUT2D eigenvalue weighted by molar-refractivity contribution is 7.89. The lowest BCUT2D eigenvalue weighted by molar-refractivity contribution is 0.0712. The lowest BCUT2D eigenvalue weighted by atomic mass is 9.89. The van der Waals surface area contributed by atoms with Crippen molar-refractivity contribution in [2.45, 2.75) is 25.3 Å². The minimum atomic E-state index is -3.77. The first-order chi connectivity index (χ1) is 17.8. The molecule has 0 spiro atoms. The number of nitrogens with one attached hydrogen (secondary N) is 2. The molecule has 0 bridgehead atoms.